The van der Waals surface area contributed by atoms with E-state index in [0.717, 1.165) is 11.3 Å². The van der Waals surface area contributed by atoms with Gasteiger partial charge in [-0.1, -0.05) is 24.3 Å². The molecular weight excluding hydrogens is 266 g/mol. The average Bonchev–Trinajstić information content (AvgIpc) is 2.86. The van der Waals surface area contributed by atoms with E-state index >= 15 is 0 Å². The summed E-state index contributed by atoms with van der Waals surface area (Å²) in [5.74, 6) is -0.563. The molecule has 0 fully saturated rings. The van der Waals surface area contributed by atoms with E-state index < -0.39 is 5.97 Å². The number of carboxylic acids is 1. The molecule has 5 heteroatoms. The zero-order valence-electron chi connectivity index (χ0n) is 11.8. The van der Waals surface area contributed by atoms with E-state index in [1.54, 1.807) is 22.7 Å². The van der Waals surface area contributed by atoms with Crippen LogP contribution in [0, 0.1) is 6.92 Å². The fraction of sp³-hybridized carbons (Fsp3) is 0.125. The van der Waals surface area contributed by atoms with Gasteiger partial charge in [0, 0.05) is 18.9 Å². The van der Waals surface area contributed by atoms with E-state index in [1.165, 1.54) is 0 Å². The molecule has 106 valence electrons. The maximum Gasteiger partial charge on any atom is 0.356 e. The molecule has 3 aromatic rings. The third-order valence-electron chi connectivity index (χ3n) is 3.51. The largest absolute Gasteiger partial charge is 0.476 e. The highest BCUT2D eigenvalue weighted by molar-refractivity contribution is 5.94. The Morgan fingerprint density at radius 3 is 2.62 bits per heavy atom. The van der Waals surface area contributed by atoms with Gasteiger partial charge < -0.3 is 10.0 Å². The van der Waals surface area contributed by atoms with Crippen molar-refractivity contribution in [1.82, 2.24) is 9.38 Å². The first-order chi connectivity index (χ1) is 10.1. The lowest BCUT2D eigenvalue weighted by Crippen LogP contribution is -2.15. The third kappa shape index (κ3) is 2.12. The van der Waals surface area contributed by atoms with Crippen LogP contribution in [0.25, 0.3) is 5.65 Å². The van der Waals surface area contributed by atoms with Crippen molar-refractivity contribution < 1.29 is 9.90 Å². The highest BCUT2D eigenvalue weighted by atomic mass is 16.4. The maximum absolute atomic E-state index is 11.6. The lowest BCUT2D eigenvalue weighted by molar-refractivity contribution is 0.0690. The minimum absolute atomic E-state index is 0.163. The number of benzene rings is 1. The van der Waals surface area contributed by atoms with E-state index in [-0.39, 0.29) is 5.69 Å². The summed E-state index contributed by atoms with van der Waals surface area (Å²) < 4.78 is 1.59. The lowest BCUT2D eigenvalue weighted by atomic mass is 10.2. The second-order valence-corrected chi connectivity index (χ2v) is 4.86. The molecule has 1 aromatic carbocycles. The van der Waals surface area contributed by atoms with Gasteiger partial charge in [-0.2, -0.15) is 0 Å². The zero-order chi connectivity index (χ0) is 15.0. The number of fused-ring (bicyclic) bond motifs is 1. The van der Waals surface area contributed by atoms with Crippen LogP contribution in [0.4, 0.5) is 11.5 Å². The minimum Gasteiger partial charge on any atom is -0.476 e. The summed E-state index contributed by atoms with van der Waals surface area (Å²) >= 11 is 0. The molecule has 0 saturated carbocycles. The van der Waals surface area contributed by atoms with Crippen LogP contribution >= 0.6 is 0 Å². The Morgan fingerprint density at radius 1 is 1.19 bits per heavy atom. The van der Waals surface area contributed by atoms with Crippen molar-refractivity contribution in [1.29, 1.82) is 0 Å². The van der Waals surface area contributed by atoms with Crippen LogP contribution in [0.5, 0.6) is 0 Å². The van der Waals surface area contributed by atoms with E-state index in [0.29, 0.717) is 11.5 Å². The first-order valence-corrected chi connectivity index (χ1v) is 6.59. The molecule has 0 aliphatic rings. The predicted octanol–water partition coefficient (Wildman–Crippen LogP) is 3.11. The summed E-state index contributed by atoms with van der Waals surface area (Å²) in [6.07, 6.45) is 1.71. The topological polar surface area (TPSA) is 57.8 Å². The predicted molar refractivity (Wildman–Crippen MR) is 81.4 cm³/mol. The van der Waals surface area contributed by atoms with Gasteiger partial charge in [-0.05, 0) is 30.7 Å². The van der Waals surface area contributed by atoms with Crippen molar-refractivity contribution >= 4 is 23.1 Å². The Labute approximate surface area is 122 Å². The number of rotatable bonds is 3. The number of carbonyl (C=O) groups is 1. The van der Waals surface area contributed by atoms with Crippen molar-refractivity contribution in [2.45, 2.75) is 6.92 Å². The van der Waals surface area contributed by atoms with E-state index in [4.69, 9.17) is 0 Å². The van der Waals surface area contributed by atoms with Crippen LogP contribution in [0.1, 0.15) is 16.1 Å². The molecule has 1 N–H and O–H groups in total. The molecule has 0 bridgehead atoms. The summed E-state index contributed by atoms with van der Waals surface area (Å²) in [5, 5.41) is 9.53. The molecule has 0 amide bonds. The molecule has 2 heterocycles. The molecule has 3 rings (SSSR count). The molecule has 5 nitrogen and oxygen atoms in total. The highest BCUT2D eigenvalue weighted by Crippen LogP contribution is 2.29. The molecule has 0 spiro atoms. The summed E-state index contributed by atoms with van der Waals surface area (Å²) in [4.78, 5) is 17.9. The molecule has 0 atom stereocenters. The van der Waals surface area contributed by atoms with Crippen LogP contribution in [0.3, 0.4) is 0 Å². The monoisotopic (exact) mass is 281 g/mol. The van der Waals surface area contributed by atoms with E-state index in [1.807, 2.05) is 49.2 Å². The zero-order valence-corrected chi connectivity index (χ0v) is 11.8. The number of hydrogen-bond acceptors (Lipinski definition) is 3. The third-order valence-corrected chi connectivity index (χ3v) is 3.51. The standard InChI is InChI=1S/C16H15N3O2/c1-11-7-3-4-8-12(11)18(2)15-14(16(20)21)19-10-6-5-9-13(19)17-15/h3-10H,1-2H3,(H,20,21). The minimum atomic E-state index is -0.996. The Bertz CT molecular complexity index is 823. The van der Waals surface area contributed by atoms with Crippen molar-refractivity contribution in [3.05, 3.63) is 59.9 Å². The number of imidazole rings is 1. The molecule has 21 heavy (non-hydrogen) atoms. The summed E-state index contributed by atoms with van der Waals surface area (Å²) in [7, 11) is 1.83. The van der Waals surface area contributed by atoms with Crippen molar-refractivity contribution in [2.75, 3.05) is 11.9 Å². The van der Waals surface area contributed by atoms with Crippen LogP contribution in [-0.4, -0.2) is 27.5 Å². The van der Waals surface area contributed by atoms with Gasteiger partial charge in [0.2, 0.25) is 0 Å². The van der Waals surface area contributed by atoms with Gasteiger partial charge in [0.15, 0.2) is 11.5 Å². The molecular formula is C16H15N3O2. The summed E-state index contributed by atoms with van der Waals surface area (Å²) in [5.41, 5.74) is 2.78. The quantitative estimate of drug-likeness (QED) is 0.801. The van der Waals surface area contributed by atoms with Gasteiger partial charge in [-0.25, -0.2) is 9.78 Å². The van der Waals surface area contributed by atoms with Crippen LogP contribution in [0.2, 0.25) is 0 Å². The van der Waals surface area contributed by atoms with Gasteiger partial charge in [-0.3, -0.25) is 4.40 Å². The van der Waals surface area contributed by atoms with Gasteiger partial charge >= 0.3 is 5.97 Å². The fourth-order valence-corrected chi connectivity index (χ4v) is 2.47. The Morgan fingerprint density at radius 2 is 1.90 bits per heavy atom. The number of pyridine rings is 1. The first-order valence-electron chi connectivity index (χ1n) is 6.59. The van der Waals surface area contributed by atoms with Crippen molar-refractivity contribution in [3.63, 3.8) is 0 Å². The maximum atomic E-state index is 11.6. The highest BCUT2D eigenvalue weighted by Gasteiger charge is 2.22. The number of anilines is 2. The van der Waals surface area contributed by atoms with Crippen molar-refractivity contribution in [2.24, 2.45) is 0 Å². The molecule has 0 radical (unpaired) electrons. The van der Waals surface area contributed by atoms with Crippen LogP contribution in [-0.2, 0) is 0 Å². The molecule has 2 aromatic heterocycles. The number of nitrogens with zero attached hydrogens (tertiary/aromatic N) is 3. The number of para-hydroxylation sites is 1. The van der Waals surface area contributed by atoms with E-state index in [2.05, 4.69) is 4.98 Å². The summed E-state index contributed by atoms with van der Waals surface area (Å²) in [6.45, 7) is 1.99. The Kier molecular flexibility index (Phi) is 3.10. The Hall–Kier alpha value is -2.82. The van der Waals surface area contributed by atoms with Gasteiger partial charge in [0.05, 0.1) is 0 Å². The molecule has 0 aliphatic carbocycles. The molecule has 0 unspecified atom stereocenters. The number of aryl methyl sites for hydroxylation is 1. The van der Waals surface area contributed by atoms with Gasteiger partial charge in [0.25, 0.3) is 0 Å². The summed E-state index contributed by atoms with van der Waals surface area (Å²) in [6, 6.07) is 13.2. The smallest absolute Gasteiger partial charge is 0.356 e. The van der Waals surface area contributed by atoms with Crippen molar-refractivity contribution in [3.8, 4) is 0 Å². The number of hydrogen-bond donors (Lipinski definition) is 1. The van der Waals surface area contributed by atoms with E-state index in [9.17, 15) is 9.90 Å². The number of carboxylic acid groups (broad SMARTS) is 1. The number of aromatic nitrogens is 2. The fourth-order valence-electron chi connectivity index (χ4n) is 2.47. The number of aromatic carboxylic acids is 1. The average molecular weight is 281 g/mol. The molecule has 0 saturated heterocycles. The van der Waals surface area contributed by atoms with Gasteiger partial charge in [0.1, 0.15) is 5.65 Å². The van der Waals surface area contributed by atoms with Gasteiger partial charge in [-0.15, -0.1) is 0 Å². The normalized spacial score (nSPS) is 10.8. The first kappa shape index (κ1) is 13.2. The van der Waals surface area contributed by atoms with Crippen LogP contribution in [0.15, 0.2) is 48.7 Å². The SMILES string of the molecule is Cc1ccccc1N(C)c1nc2ccccn2c1C(=O)O. The second-order valence-electron chi connectivity index (χ2n) is 4.86. The Balaban J connectivity index is 2.22. The lowest BCUT2D eigenvalue weighted by Gasteiger charge is -2.19. The second kappa shape index (κ2) is 4.94. The van der Waals surface area contributed by atoms with Crippen LogP contribution < -0.4 is 4.90 Å². The molecule has 0 aliphatic heterocycles.